The van der Waals surface area contributed by atoms with Crippen molar-refractivity contribution >= 4 is 0 Å². The molecule has 0 amide bonds. The fourth-order valence-corrected chi connectivity index (χ4v) is 1.89. The first-order valence-corrected chi connectivity index (χ1v) is 6.34. The molecule has 1 atom stereocenters. The third kappa shape index (κ3) is 3.81. The van der Waals surface area contributed by atoms with Crippen LogP contribution in [0.1, 0.15) is 0 Å². The van der Waals surface area contributed by atoms with E-state index in [-0.39, 0.29) is 6.10 Å². The van der Waals surface area contributed by atoms with Gasteiger partial charge in [-0.3, -0.25) is 0 Å². The maximum Gasteiger partial charge on any atom is 0.134 e. The summed E-state index contributed by atoms with van der Waals surface area (Å²) in [5.74, 6) is 0.812. The number of ether oxygens (including phenoxy) is 2. The molecule has 2 N–H and O–H groups in total. The smallest absolute Gasteiger partial charge is 0.134 e. The van der Waals surface area contributed by atoms with Crippen LogP contribution < -0.4 is 10.5 Å². The summed E-state index contributed by atoms with van der Waals surface area (Å²) in [5, 5.41) is 0. The van der Waals surface area contributed by atoms with E-state index in [0.29, 0.717) is 13.2 Å². The van der Waals surface area contributed by atoms with Crippen LogP contribution in [0.3, 0.4) is 0 Å². The number of hydrogen-bond donors (Lipinski definition) is 1. The fraction of sp³-hybridized carbons (Fsp3) is 0.250. The van der Waals surface area contributed by atoms with Gasteiger partial charge in [0.2, 0.25) is 0 Å². The van der Waals surface area contributed by atoms with Crippen LogP contribution in [-0.2, 0) is 4.74 Å². The van der Waals surface area contributed by atoms with Gasteiger partial charge in [0.1, 0.15) is 11.9 Å². The second-order valence-electron chi connectivity index (χ2n) is 4.32. The molecule has 0 aliphatic carbocycles. The van der Waals surface area contributed by atoms with Gasteiger partial charge >= 0.3 is 0 Å². The van der Waals surface area contributed by atoms with E-state index in [1.807, 2.05) is 42.5 Å². The molecule has 0 aliphatic rings. The van der Waals surface area contributed by atoms with E-state index >= 15 is 0 Å². The Hall–Kier alpha value is -1.84. The van der Waals surface area contributed by atoms with Crippen LogP contribution in [0, 0.1) is 0 Å². The monoisotopic (exact) mass is 257 g/mol. The van der Waals surface area contributed by atoms with E-state index in [2.05, 4.69) is 12.1 Å². The molecule has 0 saturated carbocycles. The molecule has 0 aromatic heterocycles. The molecular weight excluding hydrogens is 238 g/mol. The summed E-state index contributed by atoms with van der Waals surface area (Å²) in [6, 6.07) is 18.3. The van der Waals surface area contributed by atoms with Crippen molar-refractivity contribution in [1.82, 2.24) is 0 Å². The van der Waals surface area contributed by atoms with E-state index in [1.165, 1.54) is 11.1 Å². The lowest BCUT2D eigenvalue weighted by Crippen LogP contribution is -2.31. The Balaban J connectivity index is 2.06. The lowest BCUT2D eigenvalue weighted by molar-refractivity contribution is 0.0860. The zero-order valence-corrected chi connectivity index (χ0v) is 11.1. The van der Waals surface area contributed by atoms with E-state index in [1.54, 1.807) is 7.11 Å². The van der Waals surface area contributed by atoms with Crippen molar-refractivity contribution in [1.29, 1.82) is 0 Å². The van der Waals surface area contributed by atoms with Crippen molar-refractivity contribution in [3.63, 3.8) is 0 Å². The Morgan fingerprint density at radius 2 is 1.58 bits per heavy atom. The first-order chi connectivity index (χ1) is 9.33. The molecule has 1 unspecified atom stereocenters. The summed E-state index contributed by atoms with van der Waals surface area (Å²) >= 11 is 0. The summed E-state index contributed by atoms with van der Waals surface area (Å²) in [6.45, 7) is 0.936. The summed E-state index contributed by atoms with van der Waals surface area (Å²) in [6.07, 6.45) is -0.104. The largest absolute Gasteiger partial charge is 0.487 e. The quantitative estimate of drug-likeness (QED) is 0.865. The van der Waals surface area contributed by atoms with Gasteiger partial charge in [0, 0.05) is 13.7 Å². The Morgan fingerprint density at radius 3 is 2.16 bits per heavy atom. The molecule has 0 heterocycles. The third-order valence-electron chi connectivity index (χ3n) is 2.88. The maximum absolute atomic E-state index is 5.74. The van der Waals surface area contributed by atoms with Crippen molar-refractivity contribution in [3.05, 3.63) is 54.6 Å². The number of nitrogens with two attached hydrogens (primary N) is 1. The predicted octanol–water partition coefficient (Wildman–Crippen LogP) is 2.71. The van der Waals surface area contributed by atoms with E-state index < -0.39 is 0 Å². The molecule has 0 fully saturated rings. The summed E-state index contributed by atoms with van der Waals surface area (Å²) in [4.78, 5) is 0. The van der Waals surface area contributed by atoms with Crippen LogP contribution >= 0.6 is 0 Å². The van der Waals surface area contributed by atoms with Gasteiger partial charge in [-0.2, -0.15) is 0 Å². The van der Waals surface area contributed by atoms with Crippen molar-refractivity contribution in [2.75, 3.05) is 20.3 Å². The second-order valence-corrected chi connectivity index (χ2v) is 4.32. The van der Waals surface area contributed by atoms with Crippen LogP contribution in [0.25, 0.3) is 11.1 Å². The van der Waals surface area contributed by atoms with Gasteiger partial charge in [0.25, 0.3) is 0 Å². The zero-order valence-electron chi connectivity index (χ0n) is 11.1. The minimum Gasteiger partial charge on any atom is -0.487 e. The molecule has 2 rings (SSSR count). The highest BCUT2D eigenvalue weighted by molar-refractivity contribution is 5.63. The first kappa shape index (κ1) is 13.6. The van der Waals surface area contributed by atoms with E-state index in [4.69, 9.17) is 15.2 Å². The predicted molar refractivity (Wildman–Crippen MR) is 77.2 cm³/mol. The summed E-state index contributed by atoms with van der Waals surface area (Å²) < 4.78 is 10.8. The zero-order chi connectivity index (χ0) is 13.5. The van der Waals surface area contributed by atoms with Gasteiger partial charge in [-0.15, -0.1) is 0 Å². The SMILES string of the molecule is COCC(CN)Oc1ccc(-c2ccccc2)cc1. The molecule has 3 heteroatoms. The lowest BCUT2D eigenvalue weighted by Gasteiger charge is -2.16. The molecule has 2 aromatic rings. The molecular formula is C16H19NO2. The molecule has 0 aliphatic heterocycles. The average molecular weight is 257 g/mol. The van der Waals surface area contributed by atoms with Crippen LogP contribution in [0.15, 0.2) is 54.6 Å². The van der Waals surface area contributed by atoms with Crippen molar-refractivity contribution in [2.45, 2.75) is 6.10 Å². The number of benzene rings is 2. The van der Waals surface area contributed by atoms with Gasteiger partial charge in [-0.05, 0) is 23.3 Å². The van der Waals surface area contributed by atoms with Gasteiger partial charge in [-0.1, -0.05) is 42.5 Å². The van der Waals surface area contributed by atoms with Gasteiger partial charge in [-0.25, -0.2) is 0 Å². The number of rotatable bonds is 6. The summed E-state index contributed by atoms with van der Waals surface area (Å²) in [7, 11) is 1.64. The second kappa shape index (κ2) is 6.92. The standard InChI is InChI=1S/C16H19NO2/c1-18-12-16(11-17)19-15-9-7-14(8-10-15)13-5-3-2-4-6-13/h2-10,16H,11-12,17H2,1H3. The molecule has 0 saturated heterocycles. The van der Waals surface area contributed by atoms with Gasteiger partial charge in [0.05, 0.1) is 6.61 Å². The minimum atomic E-state index is -0.104. The molecule has 0 radical (unpaired) electrons. The number of hydrogen-bond acceptors (Lipinski definition) is 3. The Morgan fingerprint density at radius 1 is 0.947 bits per heavy atom. The highest BCUT2D eigenvalue weighted by Gasteiger charge is 2.07. The normalized spacial score (nSPS) is 12.1. The van der Waals surface area contributed by atoms with Gasteiger partial charge in [0.15, 0.2) is 0 Å². The average Bonchev–Trinajstić information content (AvgIpc) is 2.48. The van der Waals surface area contributed by atoms with Crippen LogP contribution in [-0.4, -0.2) is 26.4 Å². The number of methoxy groups -OCH3 is 1. The van der Waals surface area contributed by atoms with E-state index in [0.717, 1.165) is 5.75 Å². The molecule has 19 heavy (non-hydrogen) atoms. The van der Waals surface area contributed by atoms with Crippen LogP contribution in [0.2, 0.25) is 0 Å². The molecule has 100 valence electrons. The molecule has 0 bridgehead atoms. The summed E-state index contributed by atoms with van der Waals surface area (Å²) in [5.41, 5.74) is 7.99. The van der Waals surface area contributed by atoms with Gasteiger partial charge < -0.3 is 15.2 Å². The fourth-order valence-electron chi connectivity index (χ4n) is 1.89. The topological polar surface area (TPSA) is 44.5 Å². The van der Waals surface area contributed by atoms with Crippen molar-refractivity contribution in [2.24, 2.45) is 5.73 Å². The Kier molecular flexibility index (Phi) is 4.95. The maximum atomic E-state index is 5.74. The highest BCUT2D eigenvalue weighted by atomic mass is 16.5. The third-order valence-corrected chi connectivity index (χ3v) is 2.88. The van der Waals surface area contributed by atoms with Crippen molar-refractivity contribution in [3.8, 4) is 16.9 Å². The minimum absolute atomic E-state index is 0.104. The van der Waals surface area contributed by atoms with Crippen LogP contribution in [0.4, 0.5) is 0 Å². The molecule has 3 nitrogen and oxygen atoms in total. The Bertz CT molecular complexity index is 482. The molecule has 0 spiro atoms. The Labute approximate surface area is 114 Å². The lowest BCUT2D eigenvalue weighted by atomic mass is 10.1. The van der Waals surface area contributed by atoms with Crippen molar-refractivity contribution < 1.29 is 9.47 Å². The first-order valence-electron chi connectivity index (χ1n) is 6.34. The van der Waals surface area contributed by atoms with E-state index in [9.17, 15) is 0 Å². The van der Waals surface area contributed by atoms with Crippen LogP contribution in [0.5, 0.6) is 5.75 Å². The highest BCUT2D eigenvalue weighted by Crippen LogP contribution is 2.22. The molecule has 2 aromatic carbocycles.